The Balaban J connectivity index is 1.76. The predicted octanol–water partition coefficient (Wildman–Crippen LogP) is 4.77. The Labute approximate surface area is 170 Å². The van der Waals surface area contributed by atoms with Crippen LogP contribution in [0.15, 0.2) is 90.0 Å². The Hall–Kier alpha value is -3.38. The molecule has 29 heavy (non-hydrogen) atoms. The van der Waals surface area contributed by atoms with E-state index in [1.165, 1.54) is 3.97 Å². The van der Waals surface area contributed by atoms with Crippen molar-refractivity contribution in [3.05, 3.63) is 90.6 Å². The van der Waals surface area contributed by atoms with E-state index in [0.29, 0.717) is 11.4 Å². The number of benzene rings is 2. The number of hydrogen-bond acceptors (Lipinski definition) is 4. The van der Waals surface area contributed by atoms with Gasteiger partial charge in [-0.2, -0.15) is 0 Å². The van der Waals surface area contributed by atoms with Gasteiger partial charge in [0.05, 0.1) is 29.1 Å². The standard InChI is InChI=1S/C23H20N2O3S/c1-17-8-14-20(15-9-17)29(26,27)25-16-4-7-23(25)22-6-3-5-21(24-22)18-10-12-19(28-2)13-11-18/h3-16H,1-2H3. The molecule has 0 saturated carbocycles. The summed E-state index contributed by atoms with van der Waals surface area (Å²) in [5.41, 5.74) is 3.78. The van der Waals surface area contributed by atoms with E-state index in [9.17, 15) is 8.42 Å². The monoisotopic (exact) mass is 404 g/mol. The molecule has 0 fully saturated rings. The van der Waals surface area contributed by atoms with Crippen LogP contribution in [-0.4, -0.2) is 24.5 Å². The van der Waals surface area contributed by atoms with Gasteiger partial charge in [0.15, 0.2) is 0 Å². The van der Waals surface area contributed by atoms with Crippen molar-refractivity contribution >= 4 is 10.0 Å². The minimum absolute atomic E-state index is 0.242. The Morgan fingerprint density at radius 1 is 0.828 bits per heavy atom. The molecule has 4 aromatic rings. The van der Waals surface area contributed by atoms with Crippen LogP contribution in [0.3, 0.4) is 0 Å². The molecule has 2 heterocycles. The van der Waals surface area contributed by atoms with Crippen LogP contribution in [0.1, 0.15) is 5.56 Å². The molecule has 0 atom stereocenters. The van der Waals surface area contributed by atoms with Crippen molar-refractivity contribution in [1.82, 2.24) is 8.96 Å². The average molecular weight is 404 g/mol. The van der Waals surface area contributed by atoms with E-state index in [4.69, 9.17) is 9.72 Å². The number of aryl methyl sites for hydroxylation is 1. The molecule has 0 unspecified atom stereocenters. The third-order valence-electron chi connectivity index (χ3n) is 4.69. The van der Waals surface area contributed by atoms with Gasteiger partial charge in [0, 0.05) is 11.8 Å². The van der Waals surface area contributed by atoms with Gasteiger partial charge >= 0.3 is 0 Å². The van der Waals surface area contributed by atoms with E-state index in [2.05, 4.69) is 0 Å². The molecular formula is C23H20N2O3S. The van der Waals surface area contributed by atoms with Crippen LogP contribution >= 0.6 is 0 Å². The Kier molecular flexibility index (Phi) is 4.94. The summed E-state index contributed by atoms with van der Waals surface area (Å²) in [6.07, 6.45) is 1.55. The predicted molar refractivity (Wildman–Crippen MR) is 113 cm³/mol. The van der Waals surface area contributed by atoms with Crippen molar-refractivity contribution in [3.63, 3.8) is 0 Å². The first-order chi connectivity index (χ1) is 14.0. The van der Waals surface area contributed by atoms with Gasteiger partial charge in [-0.25, -0.2) is 17.4 Å². The molecule has 0 N–H and O–H groups in total. The maximum absolute atomic E-state index is 13.1. The molecule has 0 radical (unpaired) electrons. The number of rotatable bonds is 5. The molecule has 0 aliphatic carbocycles. The first-order valence-electron chi connectivity index (χ1n) is 9.10. The molecule has 2 aromatic heterocycles. The van der Waals surface area contributed by atoms with Gasteiger partial charge in [-0.05, 0) is 67.6 Å². The molecule has 0 saturated heterocycles. The molecule has 2 aromatic carbocycles. The van der Waals surface area contributed by atoms with Gasteiger partial charge in [0.1, 0.15) is 5.75 Å². The molecule has 0 aliphatic rings. The first kappa shape index (κ1) is 19.0. The number of aromatic nitrogens is 2. The van der Waals surface area contributed by atoms with Gasteiger partial charge in [-0.1, -0.05) is 23.8 Å². The SMILES string of the molecule is COc1ccc(-c2cccc(-c3cccn3S(=O)(=O)c3ccc(C)cc3)n2)cc1. The summed E-state index contributed by atoms with van der Waals surface area (Å²) < 4.78 is 32.8. The molecular weight excluding hydrogens is 384 g/mol. The summed E-state index contributed by atoms with van der Waals surface area (Å²) in [5.74, 6) is 0.767. The topological polar surface area (TPSA) is 61.2 Å². The lowest BCUT2D eigenvalue weighted by Gasteiger charge is -2.11. The lowest BCUT2D eigenvalue weighted by molar-refractivity contribution is 0.415. The van der Waals surface area contributed by atoms with Crippen LogP contribution in [-0.2, 0) is 10.0 Å². The zero-order valence-electron chi connectivity index (χ0n) is 16.1. The normalized spacial score (nSPS) is 11.4. The highest BCUT2D eigenvalue weighted by Gasteiger charge is 2.20. The van der Waals surface area contributed by atoms with E-state index in [1.807, 2.05) is 49.4 Å². The van der Waals surface area contributed by atoms with Crippen molar-refractivity contribution in [2.75, 3.05) is 7.11 Å². The number of pyridine rings is 1. The van der Waals surface area contributed by atoms with E-state index < -0.39 is 10.0 Å². The third-order valence-corrected chi connectivity index (χ3v) is 6.39. The van der Waals surface area contributed by atoms with E-state index in [0.717, 1.165) is 22.6 Å². The lowest BCUT2D eigenvalue weighted by Crippen LogP contribution is -2.13. The van der Waals surface area contributed by atoms with Crippen LogP contribution in [0.4, 0.5) is 0 Å². The van der Waals surface area contributed by atoms with Gasteiger partial charge < -0.3 is 4.74 Å². The summed E-state index contributed by atoms with van der Waals surface area (Å²) in [5, 5.41) is 0. The average Bonchev–Trinajstić information content (AvgIpc) is 3.25. The summed E-state index contributed by atoms with van der Waals surface area (Å²) in [4.78, 5) is 4.94. The van der Waals surface area contributed by atoms with Crippen molar-refractivity contribution < 1.29 is 13.2 Å². The van der Waals surface area contributed by atoms with Crippen LogP contribution in [0.25, 0.3) is 22.6 Å². The number of methoxy groups -OCH3 is 1. The molecule has 5 nitrogen and oxygen atoms in total. The molecule has 4 rings (SSSR count). The number of nitrogens with zero attached hydrogens (tertiary/aromatic N) is 2. The summed E-state index contributed by atoms with van der Waals surface area (Å²) >= 11 is 0. The second kappa shape index (κ2) is 7.56. The smallest absolute Gasteiger partial charge is 0.268 e. The van der Waals surface area contributed by atoms with Crippen molar-refractivity contribution in [1.29, 1.82) is 0 Å². The third kappa shape index (κ3) is 3.67. The summed E-state index contributed by atoms with van der Waals surface area (Å²) in [7, 11) is -2.10. The zero-order chi connectivity index (χ0) is 20.4. The quantitative estimate of drug-likeness (QED) is 0.481. The van der Waals surface area contributed by atoms with Gasteiger partial charge in [0.25, 0.3) is 10.0 Å². The molecule has 0 aliphatic heterocycles. The van der Waals surface area contributed by atoms with Crippen LogP contribution in [0, 0.1) is 6.92 Å². The van der Waals surface area contributed by atoms with Gasteiger partial charge in [-0.3, -0.25) is 0 Å². The second-order valence-electron chi connectivity index (χ2n) is 6.64. The highest BCUT2D eigenvalue weighted by molar-refractivity contribution is 7.90. The van der Waals surface area contributed by atoms with Crippen LogP contribution < -0.4 is 4.74 Å². The lowest BCUT2D eigenvalue weighted by atomic mass is 10.1. The zero-order valence-corrected chi connectivity index (χ0v) is 16.9. The maximum Gasteiger partial charge on any atom is 0.268 e. The van der Waals surface area contributed by atoms with Crippen LogP contribution in [0.2, 0.25) is 0 Å². The fourth-order valence-electron chi connectivity index (χ4n) is 3.10. The van der Waals surface area contributed by atoms with E-state index >= 15 is 0 Å². The highest BCUT2D eigenvalue weighted by Crippen LogP contribution is 2.27. The molecule has 0 amide bonds. The first-order valence-corrected chi connectivity index (χ1v) is 10.5. The van der Waals surface area contributed by atoms with Gasteiger partial charge in [0.2, 0.25) is 0 Å². The van der Waals surface area contributed by atoms with E-state index in [-0.39, 0.29) is 4.90 Å². The molecule has 146 valence electrons. The number of ether oxygens (including phenoxy) is 1. The Morgan fingerprint density at radius 2 is 1.52 bits per heavy atom. The van der Waals surface area contributed by atoms with Crippen molar-refractivity contribution in [2.24, 2.45) is 0 Å². The highest BCUT2D eigenvalue weighted by atomic mass is 32.2. The van der Waals surface area contributed by atoms with Crippen molar-refractivity contribution in [3.8, 4) is 28.4 Å². The largest absolute Gasteiger partial charge is 0.497 e. The second-order valence-corrected chi connectivity index (χ2v) is 8.46. The fourth-order valence-corrected chi connectivity index (χ4v) is 4.45. The summed E-state index contributed by atoms with van der Waals surface area (Å²) in [6.45, 7) is 1.92. The molecule has 6 heteroatoms. The Morgan fingerprint density at radius 3 is 2.21 bits per heavy atom. The van der Waals surface area contributed by atoms with Crippen LogP contribution in [0.5, 0.6) is 5.75 Å². The molecule has 0 bridgehead atoms. The van der Waals surface area contributed by atoms with Gasteiger partial charge in [-0.15, -0.1) is 0 Å². The molecule has 0 spiro atoms. The fraction of sp³-hybridized carbons (Fsp3) is 0.0870. The van der Waals surface area contributed by atoms with E-state index in [1.54, 1.807) is 49.7 Å². The summed E-state index contributed by atoms with van der Waals surface area (Å²) in [6, 6.07) is 23.5. The Bertz CT molecular complexity index is 1240. The minimum atomic E-state index is -3.72. The van der Waals surface area contributed by atoms with Crippen molar-refractivity contribution in [2.45, 2.75) is 11.8 Å². The minimum Gasteiger partial charge on any atom is -0.497 e. The number of hydrogen-bond donors (Lipinski definition) is 0. The maximum atomic E-state index is 13.1.